The fourth-order valence-electron chi connectivity index (χ4n) is 0.574. The van der Waals surface area contributed by atoms with Crippen molar-refractivity contribution < 1.29 is 0 Å². The lowest BCUT2D eigenvalue weighted by Crippen LogP contribution is -1.95. The molecule has 3 nitrogen and oxygen atoms in total. The van der Waals surface area contributed by atoms with E-state index in [0.717, 1.165) is 6.42 Å². The maximum Gasteiger partial charge on any atom is 0.167 e. The van der Waals surface area contributed by atoms with Gasteiger partial charge in [0.1, 0.15) is 6.34 Å². The van der Waals surface area contributed by atoms with Crippen molar-refractivity contribution in [3.05, 3.63) is 5.17 Å². The van der Waals surface area contributed by atoms with Crippen LogP contribution in [0.4, 0.5) is 0 Å². The van der Waals surface area contributed by atoms with Gasteiger partial charge in [-0.15, -0.1) is 5.11 Å². The molecule has 60 valence electrons. The Morgan fingerprint density at radius 2 is 2.09 bits per heavy atom. The van der Waals surface area contributed by atoms with Crippen molar-refractivity contribution in [1.29, 1.82) is 0 Å². The summed E-state index contributed by atoms with van der Waals surface area (Å²) in [5, 5.41) is 7.59. The number of hydrogen-bond acceptors (Lipinski definition) is 3. The Bertz CT molecular complexity index is 217. The maximum atomic E-state index is 4.05. The molecular formula is C5H4I3N3. The van der Waals surface area contributed by atoms with Gasteiger partial charge in [0.05, 0.1) is 1.59 Å². The minimum absolute atomic E-state index is 0.0291. The average molecular weight is 487 g/mol. The highest BCUT2D eigenvalue weighted by atomic mass is 127. The molecule has 11 heavy (non-hydrogen) atoms. The topological polar surface area (TPSA) is 37.1 Å². The second kappa shape index (κ2) is 5.04. The Hall–Kier alpha value is 1.20. The van der Waals surface area contributed by atoms with Crippen LogP contribution in [0.2, 0.25) is 0 Å². The Kier molecular flexibility index (Phi) is 4.71. The van der Waals surface area contributed by atoms with Crippen LogP contribution >= 0.6 is 67.8 Å². The molecule has 1 rings (SSSR count). The molecular weight excluding hydrogens is 483 g/mol. The summed E-state index contributed by atoms with van der Waals surface area (Å²) in [6, 6.07) is 0. The van der Waals surface area contributed by atoms with E-state index in [2.05, 4.69) is 83.0 Å². The predicted molar refractivity (Wildman–Crippen MR) is 70.8 cm³/mol. The molecule has 0 amide bonds. The SMILES string of the molecule is IC(I)=C(I)CC1N=CN=N1. The lowest BCUT2D eigenvalue weighted by molar-refractivity contribution is 0.719. The summed E-state index contributed by atoms with van der Waals surface area (Å²) < 4.78 is 2.57. The minimum Gasteiger partial charge on any atom is -0.242 e. The van der Waals surface area contributed by atoms with E-state index in [1.165, 1.54) is 11.5 Å². The van der Waals surface area contributed by atoms with E-state index in [9.17, 15) is 0 Å². The Morgan fingerprint density at radius 3 is 2.55 bits per heavy atom. The fraction of sp³-hybridized carbons (Fsp3) is 0.400. The molecule has 0 aliphatic carbocycles. The molecule has 0 saturated carbocycles. The molecule has 0 aromatic heterocycles. The molecule has 0 spiro atoms. The summed E-state index contributed by atoms with van der Waals surface area (Å²) in [5.74, 6) is 0. The molecule has 1 aliphatic heterocycles. The third-order valence-corrected chi connectivity index (χ3v) is 5.40. The first kappa shape index (κ1) is 10.3. The molecule has 0 aromatic rings. The first-order valence-electron chi connectivity index (χ1n) is 2.81. The van der Waals surface area contributed by atoms with Gasteiger partial charge < -0.3 is 0 Å². The van der Waals surface area contributed by atoms with Gasteiger partial charge in [-0.05, 0) is 67.8 Å². The number of nitrogens with zero attached hydrogens (tertiary/aromatic N) is 3. The quantitative estimate of drug-likeness (QED) is 0.534. The smallest absolute Gasteiger partial charge is 0.167 e. The Labute approximate surface area is 106 Å². The molecule has 1 unspecified atom stereocenters. The molecule has 0 fully saturated rings. The zero-order valence-electron chi connectivity index (χ0n) is 5.34. The van der Waals surface area contributed by atoms with Crippen molar-refractivity contribution in [2.45, 2.75) is 12.6 Å². The number of aliphatic imine (C=N–C) groups is 1. The van der Waals surface area contributed by atoms with Gasteiger partial charge in [-0.2, -0.15) is 5.11 Å². The van der Waals surface area contributed by atoms with Crippen molar-refractivity contribution in [2.75, 3.05) is 0 Å². The highest BCUT2D eigenvalue weighted by Crippen LogP contribution is 2.29. The molecule has 1 heterocycles. The number of hydrogen-bond donors (Lipinski definition) is 0. The zero-order valence-corrected chi connectivity index (χ0v) is 11.8. The van der Waals surface area contributed by atoms with Crippen LogP contribution in [0.25, 0.3) is 0 Å². The van der Waals surface area contributed by atoms with Gasteiger partial charge in [0, 0.05) is 10.0 Å². The highest BCUT2D eigenvalue weighted by Gasteiger charge is 2.10. The fourth-order valence-corrected chi connectivity index (χ4v) is 1.41. The molecule has 0 saturated heterocycles. The summed E-state index contributed by atoms with van der Waals surface area (Å²) in [4.78, 5) is 4.05. The lowest BCUT2D eigenvalue weighted by atomic mass is 10.4. The predicted octanol–water partition coefficient (Wildman–Crippen LogP) is 3.67. The van der Waals surface area contributed by atoms with Crippen molar-refractivity contribution in [2.24, 2.45) is 15.2 Å². The summed E-state index contributed by atoms with van der Waals surface area (Å²) in [5.41, 5.74) is 0. The van der Waals surface area contributed by atoms with Crippen LogP contribution in [0, 0.1) is 0 Å². The van der Waals surface area contributed by atoms with Crippen LogP contribution in [0.3, 0.4) is 0 Å². The van der Waals surface area contributed by atoms with Crippen LogP contribution in [0.1, 0.15) is 6.42 Å². The van der Waals surface area contributed by atoms with Crippen LogP contribution < -0.4 is 0 Å². The Balaban J connectivity index is 2.49. The molecule has 0 bridgehead atoms. The van der Waals surface area contributed by atoms with Crippen molar-refractivity contribution >= 4 is 74.1 Å². The van der Waals surface area contributed by atoms with Crippen LogP contribution in [-0.2, 0) is 0 Å². The molecule has 6 heteroatoms. The van der Waals surface area contributed by atoms with Gasteiger partial charge >= 0.3 is 0 Å². The van der Waals surface area contributed by atoms with Gasteiger partial charge in [0.2, 0.25) is 0 Å². The van der Waals surface area contributed by atoms with Crippen molar-refractivity contribution in [1.82, 2.24) is 0 Å². The summed E-state index contributed by atoms with van der Waals surface area (Å²) in [6.45, 7) is 0. The monoisotopic (exact) mass is 487 g/mol. The van der Waals surface area contributed by atoms with E-state index in [0.29, 0.717) is 0 Å². The summed E-state index contributed by atoms with van der Waals surface area (Å²) in [6.07, 6.45) is 2.41. The first-order valence-corrected chi connectivity index (χ1v) is 6.05. The van der Waals surface area contributed by atoms with Crippen LogP contribution in [0.5, 0.6) is 0 Å². The lowest BCUT2D eigenvalue weighted by Gasteiger charge is -2.00. The molecule has 0 N–H and O–H groups in total. The second-order valence-corrected chi connectivity index (χ2v) is 7.37. The summed E-state index contributed by atoms with van der Waals surface area (Å²) in [7, 11) is 0. The minimum atomic E-state index is 0.0291. The van der Waals surface area contributed by atoms with Crippen LogP contribution in [0.15, 0.2) is 20.4 Å². The number of halogens is 3. The van der Waals surface area contributed by atoms with E-state index < -0.39 is 0 Å². The molecule has 0 radical (unpaired) electrons. The average Bonchev–Trinajstić information content (AvgIpc) is 2.39. The van der Waals surface area contributed by atoms with E-state index in [-0.39, 0.29) is 6.17 Å². The van der Waals surface area contributed by atoms with Crippen LogP contribution in [-0.4, -0.2) is 12.5 Å². The van der Waals surface area contributed by atoms with E-state index >= 15 is 0 Å². The molecule has 1 aliphatic rings. The third-order valence-electron chi connectivity index (χ3n) is 1.06. The van der Waals surface area contributed by atoms with Gasteiger partial charge in [0.15, 0.2) is 6.17 Å². The Morgan fingerprint density at radius 1 is 1.36 bits per heavy atom. The zero-order chi connectivity index (χ0) is 8.27. The number of rotatable bonds is 2. The molecule has 0 aromatic carbocycles. The van der Waals surface area contributed by atoms with Gasteiger partial charge in [-0.1, -0.05) is 0 Å². The normalized spacial score (nSPS) is 20.8. The molecule has 1 atom stereocenters. The summed E-state index contributed by atoms with van der Waals surface area (Å²) >= 11 is 6.89. The van der Waals surface area contributed by atoms with Crippen molar-refractivity contribution in [3.8, 4) is 0 Å². The first-order chi connectivity index (χ1) is 5.20. The second-order valence-electron chi connectivity index (χ2n) is 1.85. The highest BCUT2D eigenvalue weighted by molar-refractivity contribution is 14.2. The van der Waals surface area contributed by atoms with Gasteiger partial charge in [-0.3, -0.25) is 0 Å². The van der Waals surface area contributed by atoms with E-state index in [1.54, 1.807) is 0 Å². The van der Waals surface area contributed by atoms with E-state index in [1.807, 2.05) is 0 Å². The van der Waals surface area contributed by atoms with Crippen molar-refractivity contribution in [3.63, 3.8) is 0 Å². The van der Waals surface area contributed by atoms with Gasteiger partial charge in [-0.25, -0.2) is 4.99 Å². The standard InChI is InChI=1S/C5H4I3N3/c6-3(5(7)8)1-4-9-2-10-11-4/h2,4H,1H2. The maximum absolute atomic E-state index is 4.05. The largest absolute Gasteiger partial charge is 0.242 e. The van der Waals surface area contributed by atoms with Gasteiger partial charge in [0.25, 0.3) is 0 Å². The number of azo groups is 1. The third kappa shape index (κ3) is 3.61. The van der Waals surface area contributed by atoms with E-state index in [4.69, 9.17) is 0 Å².